The van der Waals surface area contributed by atoms with Gasteiger partial charge in [0.15, 0.2) is 0 Å². The minimum Gasteiger partial charge on any atom is -0.394 e. The van der Waals surface area contributed by atoms with Crippen LogP contribution in [0, 0.1) is 0 Å². The molecular formula is C33H68O10. The summed E-state index contributed by atoms with van der Waals surface area (Å²) in [5.74, 6) is 0. The lowest BCUT2D eigenvalue weighted by Crippen LogP contribution is -2.24. The van der Waals surface area contributed by atoms with Gasteiger partial charge in [0.2, 0.25) is 0 Å². The van der Waals surface area contributed by atoms with E-state index < -0.39 is 0 Å². The van der Waals surface area contributed by atoms with E-state index in [0.29, 0.717) is 99.1 Å². The molecule has 0 aromatic heterocycles. The molecule has 0 saturated carbocycles. The Morgan fingerprint density at radius 3 is 1.19 bits per heavy atom. The van der Waals surface area contributed by atoms with Gasteiger partial charge in [-0.15, -0.1) is 0 Å². The fraction of sp³-hybridized carbons (Fsp3) is 1.00. The van der Waals surface area contributed by atoms with Crippen LogP contribution in [-0.2, 0) is 42.6 Å². The Bertz CT molecular complexity index is 500. The van der Waals surface area contributed by atoms with Gasteiger partial charge in [0, 0.05) is 6.61 Å². The summed E-state index contributed by atoms with van der Waals surface area (Å²) in [7, 11) is 0. The molecule has 2 unspecified atom stereocenters. The van der Waals surface area contributed by atoms with Gasteiger partial charge in [-0.1, -0.05) is 71.1 Å². The fourth-order valence-electron chi connectivity index (χ4n) is 4.09. The van der Waals surface area contributed by atoms with Crippen LogP contribution in [0.1, 0.15) is 91.4 Å². The second kappa shape index (κ2) is 37.8. The molecular weight excluding hydrogens is 556 g/mol. The van der Waals surface area contributed by atoms with Gasteiger partial charge in [-0.3, -0.25) is 0 Å². The zero-order valence-corrected chi connectivity index (χ0v) is 28.1. The lowest BCUT2D eigenvalue weighted by molar-refractivity contribution is -0.0689. The highest BCUT2D eigenvalue weighted by atomic mass is 16.6. The van der Waals surface area contributed by atoms with E-state index in [1.54, 1.807) is 0 Å². The van der Waals surface area contributed by atoms with Crippen LogP contribution in [0.2, 0.25) is 0 Å². The van der Waals surface area contributed by atoms with Crippen molar-refractivity contribution in [3.05, 3.63) is 0 Å². The smallest absolute Gasteiger partial charge is 0.0781 e. The number of ether oxygens (including phenoxy) is 9. The monoisotopic (exact) mass is 624 g/mol. The first-order valence-corrected chi connectivity index (χ1v) is 17.1. The zero-order chi connectivity index (χ0) is 31.3. The Labute approximate surface area is 263 Å². The van der Waals surface area contributed by atoms with Gasteiger partial charge >= 0.3 is 0 Å². The van der Waals surface area contributed by atoms with Gasteiger partial charge in [0.1, 0.15) is 0 Å². The molecule has 0 aromatic carbocycles. The number of aliphatic hydroxyl groups is 1. The molecule has 0 aliphatic rings. The molecule has 10 nitrogen and oxygen atoms in total. The summed E-state index contributed by atoms with van der Waals surface area (Å²) in [5, 5.41) is 8.59. The third-order valence-corrected chi connectivity index (χ3v) is 6.59. The number of rotatable bonds is 38. The third kappa shape index (κ3) is 37.7. The van der Waals surface area contributed by atoms with Crippen molar-refractivity contribution in [3.8, 4) is 0 Å². The summed E-state index contributed by atoms with van der Waals surface area (Å²) >= 11 is 0. The van der Waals surface area contributed by atoms with Gasteiger partial charge in [-0.05, 0) is 20.3 Å². The highest BCUT2D eigenvalue weighted by Gasteiger charge is 2.07. The molecule has 2 atom stereocenters. The van der Waals surface area contributed by atoms with E-state index in [9.17, 15) is 0 Å². The van der Waals surface area contributed by atoms with Crippen LogP contribution in [0.4, 0.5) is 0 Å². The minimum atomic E-state index is 0.0135. The predicted molar refractivity (Wildman–Crippen MR) is 170 cm³/mol. The largest absolute Gasteiger partial charge is 0.394 e. The first-order valence-electron chi connectivity index (χ1n) is 17.1. The van der Waals surface area contributed by atoms with Crippen molar-refractivity contribution in [3.63, 3.8) is 0 Å². The van der Waals surface area contributed by atoms with Gasteiger partial charge in [0.05, 0.1) is 118 Å². The first-order chi connectivity index (χ1) is 21.2. The Kier molecular flexibility index (Phi) is 37.4. The molecule has 0 radical (unpaired) electrons. The topological polar surface area (TPSA) is 103 Å². The Hall–Kier alpha value is -0.400. The molecule has 0 aliphatic carbocycles. The first kappa shape index (κ1) is 42.6. The highest BCUT2D eigenvalue weighted by Crippen LogP contribution is 2.11. The molecule has 0 saturated heterocycles. The molecule has 260 valence electrons. The molecule has 0 aromatic rings. The SMILES string of the molecule is CCCCCCCCCCCCCOCC(C)OCC(C)OCCOCCOCCOCCOCCOCCOCCO. The molecule has 1 N–H and O–H groups in total. The van der Waals surface area contributed by atoms with E-state index in [1.807, 2.05) is 13.8 Å². The van der Waals surface area contributed by atoms with E-state index in [0.717, 1.165) is 13.0 Å². The second-order valence-electron chi connectivity index (χ2n) is 10.8. The van der Waals surface area contributed by atoms with E-state index in [-0.39, 0.29) is 18.8 Å². The van der Waals surface area contributed by atoms with Crippen molar-refractivity contribution in [1.82, 2.24) is 0 Å². The molecule has 10 heteroatoms. The molecule has 43 heavy (non-hydrogen) atoms. The Morgan fingerprint density at radius 1 is 0.372 bits per heavy atom. The summed E-state index contributed by atoms with van der Waals surface area (Å²) < 4.78 is 49.8. The number of unbranched alkanes of at least 4 members (excludes halogenated alkanes) is 10. The zero-order valence-electron chi connectivity index (χ0n) is 28.1. The van der Waals surface area contributed by atoms with Crippen LogP contribution < -0.4 is 0 Å². The predicted octanol–water partition coefficient (Wildman–Crippen LogP) is 5.22. The van der Waals surface area contributed by atoms with E-state index in [2.05, 4.69) is 6.92 Å². The van der Waals surface area contributed by atoms with Crippen LogP contribution in [0.5, 0.6) is 0 Å². The highest BCUT2D eigenvalue weighted by molar-refractivity contribution is 4.53. The average molecular weight is 625 g/mol. The van der Waals surface area contributed by atoms with Gasteiger partial charge < -0.3 is 47.7 Å². The van der Waals surface area contributed by atoms with Crippen LogP contribution >= 0.6 is 0 Å². The molecule has 0 fully saturated rings. The van der Waals surface area contributed by atoms with Crippen LogP contribution in [0.15, 0.2) is 0 Å². The van der Waals surface area contributed by atoms with Crippen molar-refractivity contribution in [2.24, 2.45) is 0 Å². The van der Waals surface area contributed by atoms with Crippen molar-refractivity contribution >= 4 is 0 Å². The van der Waals surface area contributed by atoms with Crippen LogP contribution in [-0.4, -0.2) is 130 Å². The summed E-state index contributed by atoms with van der Waals surface area (Å²) in [4.78, 5) is 0. The van der Waals surface area contributed by atoms with Crippen LogP contribution in [0.25, 0.3) is 0 Å². The Balaban J connectivity index is 3.24. The standard InChI is InChI=1S/C33H68O10/c1-4-5-6-7-8-9-10-11-12-13-14-16-41-30-32(2)43-31-33(3)42-29-28-40-27-26-39-25-24-38-23-22-37-21-20-36-19-18-35-17-15-34/h32-34H,4-31H2,1-3H3. The van der Waals surface area contributed by atoms with Crippen molar-refractivity contribution in [2.45, 2.75) is 104 Å². The van der Waals surface area contributed by atoms with Crippen molar-refractivity contribution in [2.75, 3.05) is 112 Å². The number of aliphatic hydroxyl groups excluding tert-OH is 1. The van der Waals surface area contributed by atoms with Gasteiger partial charge in [-0.2, -0.15) is 0 Å². The van der Waals surface area contributed by atoms with Crippen LogP contribution in [0.3, 0.4) is 0 Å². The molecule has 0 amide bonds. The molecule has 0 heterocycles. The van der Waals surface area contributed by atoms with Gasteiger partial charge in [-0.25, -0.2) is 0 Å². The number of hydrogen-bond acceptors (Lipinski definition) is 10. The van der Waals surface area contributed by atoms with E-state index in [4.69, 9.17) is 47.7 Å². The maximum absolute atomic E-state index is 8.59. The molecule has 0 spiro atoms. The average Bonchev–Trinajstić information content (AvgIpc) is 3.01. The quantitative estimate of drug-likeness (QED) is 0.0921. The maximum atomic E-state index is 8.59. The molecule has 0 bridgehead atoms. The summed E-state index contributed by atoms with van der Waals surface area (Å²) in [6, 6.07) is 0. The summed E-state index contributed by atoms with van der Waals surface area (Å²) in [6.45, 7) is 14.9. The number of hydrogen-bond donors (Lipinski definition) is 1. The van der Waals surface area contributed by atoms with Crippen molar-refractivity contribution < 1.29 is 47.7 Å². The third-order valence-electron chi connectivity index (χ3n) is 6.59. The van der Waals surface area contributed by atoms with Gasteiger partial charge in [0.25, 0.3) is 0 Å². The molecule has 0 aliphatic heterocycles. The second-order valence-corrected chi connectivity index (χ2v) is 10.8. The summed E-state index contributed by atoms with van der Waals surface area (Å²) in [6.07, 6.45) is 14.9. The lowest BCUT2D eigenvalue weighted by Gasteiger charge is -2.18. The Morgan fingerprint density at radius 2 is 0.744 bits per heavy atom. The molecule has 0 rings (SSSR count). The summed E-state index contributed by atoms with van der Waals surface area (Å²) in [5.41, 5.74) is 0. The van der Waals surface area contributed by atoms with E-state index in [1.165, 1.54) is 64.2 Å². The van der Waals surface area contributed by atoms with E-state index >= 15 is 0 Å². The fourth-order valence-corrected chi connectivity index (χ4v) is 4.09. The minimum absolute atomic E-state index is 0.0135. The van der Waals surface area contributed by atoms with Crippen molar-refractivity contribution in [1.29, 1.82) is 0 Å². The lowest BCUT2D eigenvalue weighted by atomic mass is 10.1. The normalized spacial score (nSPS) is 13.1. The maximum Gasteiger partial charge on any atom is 0.0781 e.